The first-order chi connectivity index (χ1) is 10.7. The van der Waals surface area contributed by atoms with Crippen molar-refractivity contribution in [2.75, 3.05) is 26.2 Å². The van der Waals surface area contributed by atoms with E-state index < -0.39 is 5.82 Å². The molecule has 1 saturated carbocycles. The average molecular weight is 306 g/mol. The van der Waals surface area contributed by atoms with E-state index in [4.69, 9.17) is 9.47 Å². The molecule has 3 aliphatic rings. The Morgan fingerprint density at radius 1 is 1.36 bits per heavy atom. The fraction of sp³-hybridized carbons (Fsp3) is 0.706. The molecule has 3 heterocycles. The number of halogens is 1. The fourth-order valence-corrected chi connectivity index (χ4v) is 3.65. The molecule has 1 aromatic heterocycles. The zero-order valence-corrected chi connectivity index (χ0v) is 12.8. The molecule has 1 aromatic rings. The Morgan fingerprint density at radius 2 is 2.18 bits per heavy atom. The molecule has 120 valence electrons. The lowest BCUT2D eigenvalue weighted by Crippen LogP contribution is -2.45. The van der Waals surface area contributed by atoms with Crippen molar-refractivity contribution in [1.29, 1.82) is 0 Å². The summed E-state index contributed by atoms with van der Waals surface area (Å²) in [6, 6.07) is 2.95. The minimum absolute atomic E-state index is 0.0595. The summed E-state index contributed by atoms with van der Waals surface area (Å²) < 4.78 is 25.4. The lowest BCUT2D eigenvalue weighted by Gasteiger charge is -2.38. The number of piperidine rings is 1. The lowest BCUT2D eigenvalue weighted by atomic mass is 9.88. The summed E-state index contributed by atoms with van der Waals surface area (Å²) in [4.78, 5) is 6.53. The first-order valence-electron chi connectivity index (χ1n) is 8.36. The van der Waals surface area contributed by atoms with Gasteiger partial charge in [0.2, 0.25) is 0 Å². The molecule has 5 heteroatoms. The number of hydrogen-bond donors (Lipinski definition) is 0. The van der Waals surface area contributed by atoms with Crippen molar-refractivity contribution < 1.29 is 13.9 Å². The molecule has 0 bridgehead atoms. The second-order valence-electron chi connectivity index (χ2n) is 6.97. The van der Waals surface area contributed by atoms with E-state index >= 15 is 0 Å². The first-order valence-corrected chi connectivity index (χ1v) is 8.36. The second kappa shape index (κ2) is 5.78. The Balaban J connectivity index is 1.31. The Hall–Kier alpha value is -1.20. The third-order valence-electron chi connectivity index (χ3n) is 5.16. The smallest absolute Gasteiger partial charge is 0.250 e. The molecule has 22 heavy (non-hydrogen) atoms. The van der Waals surface area contributed by atoms with Gasteiger partial charge >= 0.3 is 0 Å². The molecule has 0 radical (unpaired) electrons. The summed E-state index contributed by atoms with van der Waals surface area (Å²) in [5, 5.41) is 0. The summed E-state index contributed by atoms with van der Waals surface area (Å²) in [5.41, 5.74) is -0.0595. The molecule has 1 atom stereocenters. The minimum Gasteiger partial charge on any atom is -0.470 e. The van der Waals surface area contributed by atoms with Gasteiger partial charge in [0.25, 0.3) is 5.88 Å². The van der Waals surface area contributed by atoms with Crippen LogP contribution >= 0.6 is 0 Å². The van der Waals surface area contributed by atoms with Crippen molar-refractivity contribution in [3.8, 4) is 5.88 Å². The summed E-state index contributed by atoms with van der Waals surface area (Å²) in [6.07, 6.45) is 7.25. The topological polar surface area (TPSA) is 34.6 Å². The minimum atomic E-state index is -0.400. The summed E-state index contributed by atoms with van der Waals surface area (Å²) in [5.74, 6) is 0.642. The van der Waals surface area contributed by atoms with Crippen LogP contribution in [0.15, 0.2) is 18.3 Å². The third-order valence-corrected chi connectivity index (χ3v) is 5.16. The Labute approximate surface area is 130 Å². The number of nitrogens with zero attached hydrogens (tertiary/aromatic N) is 2. The Morgan fingerprint density at radius 3 is 2.91 bits per heavy atom. The van der Waals surface area contributed by atoms with E-state index in [2.05, 4.69) is 9.88 Å². The molecule has 1 aliphatic carbocycles. The number of ether oxygens (including phenoxy) is 2. The summed E-state index contributed by atoms with van der Waals surface area (Å²) in [7, 11) is 0. The number of rotatable bonds is 4. The second-order valence-corrected chi connectivity index (χ2v) is 6.97. The molecule has 4 rings (SSSR count). The average Bonchev–Trinajstić information content (AvgIpc) is 3.26. The van der Waals surface area contributed by atoms with E-state index in [-0.39, 0.29) is 17.6 Å². The van der Waals surface area contributed by atoms with Crippen LogP contribution in [-0.4, -0.2) is 47.8 Å². The lowest BCUT2D eigenvalue weighted by molar-refractivity contribution is -0.0447. The van der Waals surface area contributed by atoms with Gasteiger partial charge in [-0.2, -0.15) is 0 Å². The van der Waals surface area contributed by atoms with Gasteiger partial charge in [0.1, 0.15) is 6.10 Å². The van der Waals surface area contributed by atoms with Crippen molar-refractivity contribution in [2.24, 2.45) is 5.92 Å². The normalized spacial score (nSPS) is 28.1. The van der Waals surface area contributed by atoms with Crippen LogP contribution < -0.4 is 4.74 Å². The van der Waals surface area contributed by atoms with Crippen LogP contribution in [0.5, 0.6) is 5.88 Å². The van der Waals surface area contributed by atoms with Crippen molar-refractivity contribution in [1.82, 2.24) is 9.88 Å². The van der Waals surface area contributed by atoms with Gasteiger partial charge in [-0.15, -0.1) is 0 Å². The predicted octanol–water partition coefficient (Wildman–Crippen LogP) is 2.63. The zero-order valence-electron chi connectivity index (χ0n) is 12.8. The largest absolute Gasteiger partial charge is 0.470 e. The number of aromatic nitrogens is 1. The highest BCUT2D eigenvalue weighted by Crippen LogP contribution is 2.38. The highest BCUT2D eigenvalue weighted by atomic mass is 19.1. The van der Waals surface area contributed by atoms with Crippen LogP contribution in [-0.2, 0) is 4.74 Å². The van der Waals surface area contributed by atoms with E-state index in [1.54, 1.807) is 12.3 Å². The van der Waals surface area contributed by atoms with Gasteiger partial charge in [0.15, 0.2) is 5.82 Å². The molecule has 0 N–H and O–H groups in total. The molecule has 3 fully saturated rings. The predicted molar refractivity (Wildman–Crippen MR) is 80.3 cm³/mol. The molecule has 0 aromatic carbocycles. The number of likely N-dealkylation sites (tertiary alicyclic amines) is 1. The van der Waals surface area contributed by atoms with Crippen LogP contribution in [0.25, 0.3) is 0 Å². The number of pyridine rings is 1. The monoisotopic (exact) mass is 306 g/mol. The van der Waals surface area contributed by atoms with Crippen LogP contribution in [0.4, 0.5) is 4.39 Å². The van der Waals surface area contributed by atoms with Crippen molar-refractivity contribution in [3.63, 3.8) is 0 Å². The maximum absolute atomic E-state index is 13.6. The molecule has 0 unspecified atom stereocenters. The first kappa shape index (κ1) is 14.4. The fourth-order valence-electron chi connectivity index (χ4n) is 3.65. The van der Waals surface area contributed by atoms with Gasteiger partial charge in [0, 0.05) is 32.3 Å². The van der Waals surface area contributed by atoms with Gasteiger partial charge in [-0.25, -0.2) is 9.37 Å². The third kappa shape index (κ3) is 3.10. The van der Waals surface area contributed by atoms with E-state index in [1.807, 2.05) is 0 Å². The van der Waals surface area contributed by atoms with Crippen molar-refractivity contribution in [3.05, 3.63) is 24.1 Å². The molecule has 0 amide bonds. The molecule has 2 saturated heterocycles. The maximum atomic E-state index is 13.6. The quantitative estimate of drug-likeness (QED) is 0.856. The van der Waals surface area contributed by atoms with E-state index in [0.717, 1.165) is 38.3 Å². The van der Waals surface area contributed by atoms with E-state index in [0.29, 0.717) is 6.61 Å². The Kier molecular flexibility index (Phi) is 3.78. The zero-order chi connectivity index (χ0) is 15.0. The summed E-state index contributed by atoms with van der Waals surface area (Å²) >= 11 is 0. The van der Waals surface area contributed by atoms with Gasteiger partial charge in [-0.1, -0.05) is 0 Å². The highest BCUT2D eigenvalue weighted by molar-refractivity contribution is 5.13. The SMILES string of the molecule is Fc1cccnc1O[C@H]1COC2(CCN(CC3CC3)CC2)C1. The molecular weight excluding hydrogens is 283 g/mol. The van der Waals surface area contributed by atoms with E-state index in [9.17, 15) is 4.39 Å². The van der Waals surface area contributed by atoms with Gasteiger partial charge in [-0.05, 0) is 43.7 Å². The van der Waals surface area contributed by atoms with Crippen molar-refractivity contribution in [2.45, 2.75) is 43.8 Å². The van der Waals surface area contributed by atoms with Gasteiger partial charge in [0.05, 0.1) is 12.2 Å². The Bertz CT molecular complexity index is 527. The van der Waals surface area contributed by atoms with Gasteiger partial charge < -0.3 is 14.4 Å². The van der Waals surface area contributed by atoms with Crippen LogP contribution in [0, 0.1) is 11.7 Å². The molecule has 1 spiro atoms. The molecule has 4 nitrogen and oxygen atoms in total. The van der Waals surface area contributed by atoms with Crippen LogP contribution in [0.1, 0.15) is 32.1 Å². The molecular formula is C17H23FN2O2. The standard InChI is InChI=1S/C17H23FN2O2/c18-15-2-1-7-19-16(15)22-14-10-17(21-12-14)5-8-20(9-6-17)11-13-3-4-13/h1-2,7,13-14H,3-6,8-12H2/t14-/m1/s1. The highest BCUT2D eigenvalue weighted by Gasteiger charge is 2.44. The molecule has 2 aliphatic heterocycles. The maximum Gasteiger partial charge on any atom is 0.250 e. The van der Waals surface area contributed by atoms with Gasteiger partial charge in [-0.3, -0.25) is 0 Å². The van der Waals surface area contributed by atoms with Crippen LogP contribution in [0.3, 0.4) is 0 Å². The summed E-state index contributed by atoms with van der Waals surface area (Å²) in [6.45, 7) is 4.02. The van der Waals surface area contributed by atoms with Crippen LogP contribution in [0.2, 0.25) is 0 Å². The van der Waals surface area contributed by atoms with Crippen molar-refractivity contribution >= 4 is 0 Å². The van der Waals surface area contributed by atoms with E-state index in [1.165, 1.54) is 25.5 Å². The number of hydrogen-bond acceptors (Lipinski definition) is 4.